The number of methoxy groups -OCH3 is 2. The highest BCUT2D eigenvalue weighted by Gasteiger charge is 2.20. The summed E-state index contributed by atoms with van der Waals surface area (Å²) in [4.78, 5) is 38.3. The molecule has 0 bridgehead atoms. The maximum atomic E-state index is 12.4. The summed E-state index contributed by atoms with van der Waals surface area (Å²) in [6, 6.07) is 11.7. The van der Waals surface area contributed by atoms with Gasteiger partial charge in [0.1, 0.15) is 0 Å². The van der Waals surface area contributed by atoms with Gasteiger partial charge in [-0.2, -0.15) is 0 Å². The first kappa shape index (κ1) is 20.4. The van der Waals surface area contributed by atoms with Crippen molar-refractivity contribution in [2.45, 2.75) is 19.4 Å². The largest absolute Gasteiger partial charge is 0.493 e. The summed E-state index contributed by atoms with van der Waals surface area (Å²) in [7, 11) is 2.99. The van der Waals surface area contributed by atoms with Crippen molar-refractivity contribution in [3.05, 3.63) is 59.2 Å². The van der Waals surface area contributed by atoms with Crippen LogP contribution in [0.25, 0.3) is 0 Å². The van der Waals surface area contributed by atoms with Crippen LogP contribution in [0.3, 0.4) is 0 Å². The topological polar surface area (TPSA) is 82.1 Å². The van der Waals surface area contributed by atoms with Crippen molar-refractivity contribution < 1.29 is 28.6 Å². The smallest absolute Gasteiger partial charge is 0.338 e. The van der Waals surface area contributed by atoms with E-state index in [9.17, 15) is 14.4 Å². The Labute approximate surface area is 169 Å². The second-order valence-corrected chi connectivity index (χ2v) is 6.69. The van der Waals surface area contributed by atoms with Gasteiger partial charge in [-0.25, -0.2) is 4.79 Å². The van der Waals surface area contributed by atoms with Gasteiger partial charge in [-0.1, -0.05) is 12.1 Å². The predicted molar refractivity (Wildman–Crippen MR) is 105 cm³/mol. The Morgan fingerprint density at radius 1 is 1.00 bits per heavy atom. The molecule has 0 N–H and O–H groups in total. The molecule has 1 aliphatic rings. The summed E-state index contributed by atoms with van der Waals surface area (Å²) in [5.41, 5.74) is 1.55. The summed E-state index contributed by atoms with van der Waals surface area (Å²) in [6.07, 6.45) is 1.43. The Kier molecular flexibility index (Phi) is 6.49. The first-order valence-corrected chi connectivity index (χ1v) is 9.31. The third-order valence-electron chi connectivity index (χ3n) is 4.75. The molecule has 0 atom stereocenters. The van der Waals surface area contributed by atoms with E-state index in [2.05, 4.69) is 0 Å². The van der Waals surface area contributed by atoms with E-state index in [1.165, 1.54) is 14.2 Å². The van der Waals surface area contributed by atoms with Gasteiger partial charge in [0, 0.05) is 25.1 Å². The Hall–Kier alpha value is -3.35. The van der Waals surface area contributed by atoms with E-state index >= 15 is 0 Å². The van der Waals surface area contributed by atoms with Gasteiger partial charge in [0.15, 0.2) is 23.9 Å². The maximum absolute atomic E-state index is 12.4. The van der Waals surface area contributed by atoms with E-state index in [1.807, 2.05) is 6.07 Å². The summed E-state index contributed by atoms with van der Waals surface area (Å²) in [5.74, 6) is 0.119. The normalized spacial score (nSPS) is 13.3. The summed E-state index contributed by atoms with van der Waals surface area (Å²) in [6.45, 7) is 0.807. The Morgan fingerprint density at radius 2 is 1.79 bits per heavy atom. The molecular weight excluding hydrogens is 374 g/mol. The quantitative estimate of drug-likeness (QED) is 0.503. The van der Waals surface area contributed by atoms with Crippen molar-refractivity contribution in [2.24, 2.45) is 0 Å². The number of ketones is 1. The first-order chi connectivity index (χ1) is 14.0. The van der Waals surface area contributed by atoms with Crippen LogP contribution in [0.2, 0.25) is 0 Å². The Bertz CT molecular complexity index is 923. The number of carbonyl (C=O) groups is 3. The van der Waals surface area contributed by atoms with Crippen LogP contribution >= 0.6 is 0 Å². The molecule has 7 heteroatoms. The molecule has 2 aromatic carbocycles. The molecule has 0 saturated carbocycles. The maximum Gasteiger partial charge on any atom is 0.338 e. The van der Waals surface area contributed by atoms with Crippen molar-refractivity contribution in [3.63, 3.8) is 0 Å². The molecule has 152 valence electrons. The van der Waals surface area contributed by atoms with Crippen molar-refractivity contribution in [2.75, 3.05) is 27.4 Å². The fourth-order valence-corrected chi connectivity index (χ4v) is 3.20. The molecule has 0 aliphatic carbocycles. The van der Waals surface area contributed by atoms with E-state index in [0.717, 1.165) is 18.5 Å². The van der Waals surface area contributed by atoms with Crippen LogP contribution in [-0.4, -0.2) is 49.9 Å². The van der Waals surface area contributed by atoms with Gasteiger partial charge in [0.05, 0.1) is 19.8 Å². The zero-order chi connectivity index (χ0) is 20.8. The molecule has 0 aromatic heterocycles. The number of likely N-dealkylation sites (tertiary alicyclic amines) is 1. The lowest BCUT2D eigenvalue weighted by molar-refractivity contribution is -0.128. The number of esters is 1. The molecule has 29 heavy (non-hydrogen) atoms. The van der Waals surface area contributed by atoms with Gasteiger partial charge in [0.25, 0.3) is 0 Å². The second-order valence-electron chi connectivity index (χ2n) is 6.69. The molecule has 3 rings (SSSR count). The third-order valence-corrected chi connectivity index (χ3v) is 4.75. The average Bonchev–Trinajstić information content (AvgIpc) is 3.15. The highest BCUT2D eigenvalue weighted by atomic mass is 16.5. The molecule has 1 aliphatic heterocycles. The SMILES string of the molecule is COc1ccc(C(=O)COC(=O)c2cccc(CN3CCCC3=O)c2)cc1OC. The van der Waals surface area contributed by atoms with Gasteiger partial charge in [-0.3, -0.25) is 9.59 Å². The van der Waals surface area contributed by atoms with Crippen LogP contribution in [0.15, 0.2) is 42.5 Å². The highest BCUT2D eigenvalue weighted by Crippen LogP contribution is 2.27. The molecule has 1 heterocycles. The van der Waals surface area contributed by atoms with Crippen LogP contribution in [0, 0.1) is 0 Å². The average molecular weight is 397 g/mol. The van der Waals surface area contributed by atoms with E-state index in [-0.39, 0.29) is 18.3 Å². The Morgan fingerprint density at radius 3 is 2.48 bits per heavy atom. The van der Waals surface area contributed by atoms with Crippen LogP contribution in [0.1, 0.15) is 39.1 Å². The molecule has 0 spiro atoms. The zero-order valence-corrected chi connectivity index (χ0v) is 16.5. The van der Waals surface area contributed by atoms with Gasteiger partial charge in [-0.15, -0.1) is 0 Å². The van der Waals surface area contributed by atoms with E-state index in [4.69, 9.17) is 14.2 Å². The van der Waals surface area contributed by atoms with Gasteiger partial charge < -0.3 is 19.1 Å². The lowest BCUT2D eigenvalue weighted by atomic mass is 10.1. The van der Waals surface area contributed by atoms with E-state index in [1.54, 1.807) is 41.3 Å². The van der Waals surface area contributed by atoms with Gasteiger partial charge in [-0.05, 0) is 42.3 Å². The minimum Gasteiger partial charge on any atom is -0.493 e. The van der Waals surface area contributed by atoms with Crippen molar-refractivity contribution >= 4 is 17.7 Å². The second kappa shape index (κ2) is 9.23. The number of Topliss-reactive ketones (excluding diaryl/α,β-unsaturated/α-hetero) is 1. The van der Waals surface area contributed by atoms with E-state index in [0.29, 0.717) is 35.6 Å². The van der Waals surface area contributed by atoms with Crippen molar-refractivity contribution in [1.82, 2.24) is 4.90 Å². The van der Waals surface area contributed by atoms with Gasteiger partial charge >= 0.3 is 5.97 Å². The molecule has 0 unspecified atom stereocenters. The van der Waals surface area contributed by atoms with Crippen LogP contribution in [0.5, 0.6) is 11.5 Å². The highest BCUT2D eigenvalue weighted by molar-refractivity contribution is 5.99. The molecule has 1 fully saturated rings. The van der Waals surface area contributed by atoms with E-state index < -0.39 is 5.97 Å². The number of carbonyl (C=O) groups excluding carboxylic acids is 3. The monoisotopic (exact) mass is 397 g/mol. The van der Waals surface area contributed by atoms with Crippen molar-refractivity contribution in [3.8, 4) is 11.5 Å². The third kappa shape index (κ3) is 4.93. The summed E-state index contributed by atoms with van der Waals surface area (Å²) in [5, 5.41) is 0. The summed E-state index contributed by atoms with van der Waals surface area (Å²) >= 11 is 0. The first-order valence-electron chi connectivity index (χ1n) is 9.31. The number of hydrogen-bond acceptors (Lipinski definition) is 6. The molecule has 7 nitrogen and oxygen atoms in total. The van der Waals surface area contributed by atoms with Crippen LogP contribution in [0.4, 0.5) is 0 Å². The summed E-state index contributed by atoms with van der Waals surface area (Å²) < 4.78 is 15.5. The Balaban J connectivity index is 1.61. The zero-order valence-electron chi connectivity index (χ0n) is 16.5. The number of ether oxygens (including phenoxy) is 3. The number of hydrogen-bond donors (Lipinski definition) is 0. The van der Waals surface area contributed by atoms with Crippen LogP contribution < -0.4 is 9.47 Å². The molecule has 1 amide bonds. The molecule has 0 radical (unpaired) electrons. The minimum absolute atomic E-state index is 0.124. The number of rotatable bonds is 8. The van der Waals surface area contributed by atoms with Crippen molar-refractivity contribution in [1.29, 1.82) is 0 Å². The van der Waals surface area contributed by atoms with Gasteiger partial charge in [0.2, 0.25) is 5.91 Å². The van der Waals surface area contributed by atoms with Crippen LogP contribution in [-0.2, 0) is 16.1 Å². The number of amides is 1. The number of benzene rings is 2. The molecule has 1 saturated heterocycles. The minimum atomic E-state index is -0.589. The fraction of sp³-hybridized carbons (Fsp3) is 0.318. The lowest BCUT2D eigenvalue weighted by Crippen LogP contribution is -2.24. The fourth-order valence-electron chi connectivity index (χ4n) is 3.20. The lowest BCUT2D eigenvalue weighted by Gasteiger charge is -2.15. The molecular formula is C22H23NO6. The molecule has 2 aromatic rings. The number of nitrogens with zero attached hydrogens (tertiary/aromatic N) is 1. The standard InChI is InChI=1S/C22H23NO6/c1-27-19-9-8-16(12-20(19)28-2)18(24)14-29-22(26)17-6-3-5-15(11-17)13-23-10-4-7-21(23)25/h3,5-6,8-9,11-12H,4,7,10,13-14H2,1-2H3. The predicted octanol–water partition coefficient (Wildman–Crippen LogP) is 2.87.